The average Bonchev–Trinajstić information content (AvgIpc) is 2.68. The van der Waals surface area contributed by atoms with E-state index in [1.165, 1.54) is 6.08 Å². The fourth-order valence-electron chi connectivity index (χ4n) is 3.07. The Hall–Kier alpha value is -2.99. The number of rotatable bonds is 4. The number of halogens is 1. The molecule has 27 heavy (non-hydrogen) atoms. The molecule has 1 aromatic heterocycles. The van der Waals surface area contributed by atoms with Gasteiger partial charge in [0.25, 0.3) is 0 Å². The number of anilines is 1. The van der Waals surface area contributed by atoms with Gasteiger partial charge in [-0.25, -0.2) is 4.98 Å². The standard InChI is InChI=1S/C21H15BrN2O3/c1-2-27-17-11-16(25)20(18(22)21(17)26)24-19-12-7-3-5-9-14(12)23-15-10-6-4-8-13(15)19/h3-11H,2H2,1H3,(H,23,24). The van der Waals surface area contributed by atoms with E-state index >= 15 is 0 Å². The molecule has 0 bridgehead atoms. The molecule has 2 aromatic carbocycles. The van der Waals surface area contributed by atoms with Crippen LogP contribution < -0.4 is 5.32 Å². The molecule has 0 saturated heterocycles. The molecule has 0 radical (unpaired) electrons. The van der Waals surface area contributed by atoms with Crippen molar-refractivity contribution in [3.05, 3.63) is 70.5 Å². The second-order valence-corrected chi connectivity index (χ2v) is 6.76. The number of para-hydroxylation sites is 2. The number of carbonyl (C=O) groups is 2. The van der Waals surface area contributed by atoms with E-state index in [-0.39, 0.29) is 27.5 Å². The quantitative estimate of drug-likeness (QED) is 0.495. The Labute approximate surface area is 163 Å². The lowest BCUT2D eigenvalue weighted by molar-refractivity contribution is -0.117. The molecular weight excluding hydrogens is 408 g/mol. The second kappa shape index (κ2) is 6.96. The van der Waals surface area contributed by atoms with Crippen LogP contribution in [0.15, 0.2) is 70.5 Å². The van der Waals surface area contributed by atoms with Gasteiger partial charge in [-0.05, 0) is 35.0 Å². The number of aromatic nitrogens is 1. The highest BCUT2D eigenvalue weighted by Gasteiger charge is 2.29. The SMILES string of the molecule is CCOC1=CC(=O)C(Nc2c3ccccc3nc3ccccc23)=C(Br)C1=O. The molecule has 0 unspecified atom stereocenters. The van der Waals surface area contributed by atoms with E-state index in [4.69, 9.17) is 4.74 Å². The van der Waals surface area contributed by atoms with E-state index in [2.05, 4.69) is 26.2 Å². The van der Waals surface area contributed by atoms with Gasteiger partial charge in [0.05, 0.1) is 27.8 Å². The van der Waals surface area contributed by atoms with Crippen LogP contribution >= 0.6 is 15.9 Å². The van der Waals surface area contributed by atoms with Gasteiger partial charge in [0.15, 0.2) is 5.76 Å². The Morgan fingerprint density at radius 2 is 1.59 bits per heavy atom. The smallest absolute Gasteiger partial charge is 0.236 e. The van der Waals surface area contributed by atoms with Crippen LogP contribution in [0.25, 0.3) is 21.8 Å². The van der Waals surface area contributed by atoms with Crippen LogP contribution in [-0.2, 0) is 14.3 Å². The molecule has 0 fully saturated rings. The van der Waals surface area contributed by atoms with Crippen LogP contribution in [0.1, 0.15) is 6.92 Å². The Morgan fingerprint density at radius 1 is 1.00 bits per heavy atom. The number of pyridine rings is 1. The second-order valence-electron chi connectivity index (χ2n) is 5.97. The maximum Gasteiger partial charge on any atom is 0.236 e. The maximum atomic E-state index is 12.6. The van der Waals surface area contributed by atoms with Gasteiger partial charge in [-0.3, -0.25) is 9.59 Å². The highest BCUT2D eigenvalue weighted by atomic mass is 79.9. The molecule has 5 nitrogen and oxygen atoms in total. The zero-order chi connectivity index (χ0) is 19.0. The monoisotopic (exact) mass is 422 g/mol. The number of carbonyl (C=O) groups excluding carboxylic acids is 2. The number of hydrogen-bond donors (Lipinski definition) is 1. The number of fused-ring (bicyclic) bond motifs is 2. The molecule has 3 aromatic rings. The third-order valence-corrected chi connectivity index (χ3v) is 5.05. The molecule has 0 amide bonds. The molecule has 4 rings (SSSR count). The number of hydrogen-bond acceptors (Lipinski definition) is 5. The normalized spacial score (nSPS) is 14.7. The Morgan fingerprint density at radius 3 is 2.19 bits per heavy atom. The molecule has 0 spiro atoms. The van der Waals surface area contributed by atoms with E-state index in [0.717, 1.165) is 27.5 Å². The molecule has 0 atom stereocenters. The average molecular weight is 423 g/mol. The largest absolute Gasteiger partial charge is 0.490 e. The number of benzene rings is 2. The summed E-state index contributed by atoms with van der Waals surface area (Å²) in [5.74, 6) is -0.638. The van der Waals surface area contributed by atoms with Crippen molar-refractivity contribution in [2.45, 2.75) is 6.92 Å². The predicted molar refractivity (Wildman–Crippen MR) is 109 cm³/mol. The number of allylic oxidation sites excluding steroid dienone is 2. The summed E-state index contributed by atoms with van der Waals surface area (Å²) in [4.78, 5) is 29.8. The Balaban J connectivity index is 1.88. The zero-order valence-electron chi connectivity index (χ0n) is 14.5. The van der Waals surface area contributed by atoms with Gasteiger partial charge in [-0.2, -0.15) is 0 Å². The molecule has 1 N–H and O–H groups in total. The molecule has 0 aliphatic heterocycles. The van der Waals surface area contributed by atoms with Crippen molar-refractivity contribution in [1.82, 2.24) is 4.98 Å². The highest BCUT2D eigenvalue weighted by molar-refractivity contribution is 9.12. The first kappa shape index (κ1) is 17.4. The van der Waals surface area contributed by atoms with Crippen LogP contribution in [0, 0.1) is 0 Å². The first-order valence-electron chi connectivity index (χ1n) is 8.48. The topological polar surface area (TPSA) is 68.3 Å². The van der Waals surface area contributed by atoms with Crippen LogP contribution in [-0.4, -0.2) is 23.2 Å². The van der Waals surface area contributed by atoms with Gasteiger partial charge in [-0.15, -0.1) is 0 Å². The molecular formula is C21H15BrN2O3. The van der Waals surface area contributed by atoms with E-state index in [9.17, 15) is 9.59 Å². The minimum absolute atomic E-state index is 0.0457. The van der Waals surface area contributed by atoms with E-state index in [1.807, 2.05) is 48.5 Å². The van der Waals surface area contributed by atoms with Gasteiger partial charge in [0.1, 0.15) is 5.70 Å². The molecule has 1 aliphatic carbocycles. The highest BCUT2D eigenvalue weighted by Crippen LogP contribution is 2.34. The minimum atomic E-state index is -0.360. The number of nitrogens with zero attached hydrogens (tertiary/aromatic N) is 1. The zero-order valence-corrected chi connectivity index (χ0v) is 16.0. The third kappa shape index (κ3) is 3.02. The number of ether oxygens (including phenoxy) is 1. The summed E-state index contributed by atoms with van der Waals surface area (Å²) in [5.41, 5.74) is 2.52. The van der Waals surface area contributed by atoms with Crippen molar-refractivity contribution in [1.29, 1.82) is 0 Å². The van der Waals surface area contributed by atoms with Gasteiger partial charge in [0.2, 0.25) is 11.6 Å². The summed E-state index contributed by atoms with van der Waals surface area (Å²) < 4.78 is 5.42. The number of nitrogens with one attached hydrogen (secondary N) is 1. The van der Waals surface area contributed by atoms with E-state index < -0.39 is 0 Å². The first-order valence-corrected chi connectivity index (χ1v) is 9.27. The van der Waals surface area contributed by atoms with Crippen LogP contribution in [0.3, 0.4) is 0 Å². The summed E-state index contributed by atoms with van der Waals surface area (Å²) in [7, 11) is 0. The van der Waals surface area contributed by atoms with Crippen molar-refractivity contribution in [2.75, 3.05) is 11.9 Å². The summed E-state index contributed by atoms with van der Waals surface area (Å²) in [6.45, 7) is 2.08. The summed E-state index contributed by atoms with van der Waals surface area (Å²) in [5, 5.41) is 4.91. The number of Topliss-reactive ketones (excluding diaryl/α,β-unsaturated/α-hetero) is 1. The lowest BCUT2D eigenvalue weighted by atomic mass is 10.0. The fraction of sp³-hybridized carbons (Fsp3) is 0.0952. The molecule has 1 heterocycles. The maximum absolute atomic E-state index is 12.6. The number of ketones is 2. The minimum Gasteiger partial charge on any atom is -0.490 e. The van der Waals surface area contributed by atoms with Crippen molar-refractivity contribution in [2.24, 2.45) is 0 Å². The molecule has 0 saturated carbocycles. The van der Waals surface area contributed by atoms with E-state index in [0.29, 0.717) is 6.61 Å². The van der Waals surface area contributed by atoms with Gasteiger partial charge < -0.3 is 10.1 Å². The van der Waals surface area contributed by atoms with Crippen molar-refractivity contribution in [3.63, 3.8) is 0 Å². The lowest BCUT2D eigenvalue weighted by Gasteiger charge is -2.19. The van der Waals surface area contributed by atoms with Crippen molar-refractivity contribution >= 4 is 55.0 Å². The van der Waals surface area contributed by atoms with Gasteiger partial charge in [-0.1, -0.05) is 36.4 Å². The summed E-state index contributed by atoms with van der Waals surface area (Å²) >= 11 is 3.27. The van der Waals surface area contributed by atoms with Crippen molar-refractivity contribution < 1.29 is 14.3 Å². The van der Waals surface area contributed by atoms with Crippen LogP contribution in [0.5, 0.6) is 0 Å². The first-order chi connectivity index (χ1) is 13.1. The predicted octanol–water partition coefficient (Wildman–Crippen LogP) is 4.48. The van der Waals surface area contributed by atoms with Crippen molar-refractivity contribution in [3.8, 4) is 0 Å². The third-order valence-electron chi connectivity index (χ3n) is 4.29. The molecule has 134 valence electrons. The lowest BCUT2D eigenvalue weighted by Crippen LogP contribution is -2.22. The molecule has 6 heteroatoms. The van der Waals surface area contributed by atoms with Crippen LogP contribution in [0.4, 0.5) is 5.69 Å². The fourth-order valence-corrected chi connectivity index (χ4v) is 3.56. The van der Waals surface area contributed by atoms with Crippen LogP contribution in [0.2, 0.25) is 0 Å². The Kier molecular flexibility index (Phi) is 4.49. The summed E-state index contributed by atoms with van der Waals surface area (Å²) in [6.07, 6.45) is 1.23. The van der Waals surface area contributed by atoms with E-state index in [1.54, 1.807) is 6.92 Å². The molecule has 1 aliphatic rings. The van der Waals surface area contributed by atoms with Gasteiger partial charge >= 0.3 is 0 Å². The summed E-state index contributed by atoms with van der Waals surface area (Å²) in [6, 6.07) is 15.3. The van der Waals surface area contributed by atoms with Gasteiger partial charge in [0, 0.05) is 16.8 Å². The Bertz CT molecular complexity index is 1110.